The van der Waals surface area contributed by atoms with E-state index >= 15 is 0 Å². The Morgan fingerprint density at radius 3 is 1.43 bits per heavy atom. The number of hydrogen-bond acceptors (Lipinski definition) is 4. The number of amides is 1. The molecule has 0 aromatic carbocycles. The molecule has 0 aliphatic rings. The Bertz CT molecular complexity index is 775. The quantitative estimate of drug-likeness (QED) is 0.0402. The van der Waals surface area contributed by atoms with Gasteiger partial charge >= 0.3 is 0 Å². The van der Waals surface area contributed by atoms with Crippen LogP contribution in [-0.4, -0.2) is 46.1 Å². The summed E-state index contributed by atoms with van der Waals surface area (Å²) in [6, 6.07) is -0.771. The maximum atomic E-state index is 12.3. The summed E-state index contributed by atoms with van der Waals surface area (Å²) in [5.74, 6) is -0.343. The molecule has 0 radical (unpaired) electrons. The lowest BCUT2D eigenvalue weighted by molar-refractivity contribution is -0.124. The maximum absolute atomic E-state index is 12.3. The second kappa shape index (κ2) is 37.1. The summed E-state index contributed by atoms with van der Waals surface area (Å²) < 4.78 is 0. The lowest BCUT2D eigenvalue weighted by Crippen LogP contribution is -2.45. The number of nitrogens with one attached hydrogen (secondary N) is 1. The molecule has 0 spiro atoms. The molecule has 0 bridgehead atoms. The number of allylic oxidation sites excluding steroid dienone is 7. The van der Waals surface area contributed by atoms with E-state index in [1.807, 2.05) is 6.08 Å². The first kappa shape index (κ1) is 45.3. The van der Waals surface area contributed by atoms with Gasteiger partial charge in [0.2, 0.25) is 5.91 Å². The van der Waals surface area contributed by atoms with Crippen LogP contribution in [0.15, 0.2) is 48.6 Å². The second-order valence-corrected chi connectivity index (χ2v) is 13.5. The van der Waals surface area contributed by atoms with E-state index in [4.69, 9.17) is 0 Å². The topological polar surface area (TPSA) is 89.8 Å². The average molecular weight is 660 g/mol. The molecule has 5 nitrogen and oxygen atoms in total. The Balaban J connectivity index is 3.76. The standard InChI is InChI=1S/C42H77NO4/c1-3-5-7-9-11-13-14-15-16-17-18-19-20-21-22-23-24-25-26-28-30-32-34-36-41(46)40(38-44)43-42(47)37-39(45)35-33-31-29-27-12-10-8-6-4-2/h10,12,22-23,26,28,34,36,39-41,44-46H,3-9,11,13-21,24-25,27,29-33,35,37-38H2,1-2H3,(H,43,47)/b12-10-,23-22+,28-26+,36-34+. The fourth-order valence-corrected chi connectivity index (χ4v) is 5.70. The highest BCUT2D eigenvalue weighted by atomic mass is 16.3. The van der Waals surface area contributed by atoms with Crippen molar-refractivity contribution in [2.45, 2.75) is 205 Å². The predicted octanol–water partition coefficient (Wildman–Crippen LogP) is 11.0. The molecule has 0 rings (SSSR count). The lowest BCUT2D eigenvalue weighted by atomic mass is 10.0. The molecule has 0 saturated carbocycles. The zero-order chi connectivity index (χ0) is 34.5. The van der Waals surface area contributed by atoms with Crippen LogP contribution >= 0.6 is 0 Å². The average Bonchev–Trinajstić information content (AvgIpc) is 3.06. The fraction of sp³-hybridized carbons (Fsp3) is 0.786. The van der Waals surface area contributed by atoms with Crippen molar-refractivity contribution in [2.24, 2.45) is 0 Å². The van der Waals surface area contributed by atoms with Gasteiger partial charge < -0.3 is 20.6 Å². The third-order valence-corrected chi connectivity index (χ3v) is 8.82. The normalized spacial score (nSPS) is 14.2. The number of carbonyl (C=O) groups excluding carboxylic acids is 1. The summed E-state index contributed by atoms with van der Waals surface area (Å²) >= 11 is 0. The number of carbonyl (C=O) groups is 1. The number of rotatable bonds is 35. The molecule has 0 aliphatic heterocycles. The first-order chi connectivity index (χ1) is 23.0. The zero-order valence-corrected chi connectivity index (χ0v) is 30.9. The van der Waals surface area contributed by atoms with Crippen molar-refractivity contribution in [3.05, 3.63) is 48.6 Å². The van der Waals surface area contributed by atoms with Crippen LogP contribution in [-0.2, 0) is 4.79 Å². The minimum atomic E-state index is -0.963. The first-order valence-electron chi connectivity index (χ1n) is 19.9. The zero-order valence-electron chi connectivity index (χ0n) is 30.9. The van der Waals surface area contributed by atoms with Crippen LogP contribution < -0.4 is 5.32 Å². The van der Waals surface area contributed by atoms with Crippen molar-refractivity contribution in [3.63, 3.8) is 0 Å². The molecule has 4 N–H and O–H groups in total. The van der Waals surface area contributed by atoms with Gasteiger partial charge in [-0.05, 0) is 64.2 Å². The van der Waals surface area contributed by atoms with E-state index in [1.165, 1.54) is 103 Å². The molecular formula is C42H77NO4. The molecule has 3 unspecified atom stereocenters. The van der Waals surface area contributed by atoms with Gasteiger partial charge in [0.25, 0.3) is 0 Å². The summed E-state index contributed by atoms with van der Waals surface area (Å²) in [7, 11) is 0. The molecule has 274 valence electrons. The molecule has 0 saturated heterocycles. The van der Waals surface area contributed by atoms with Crippen molar-refractivity contribution < 1.29 is 20.1 Å². The summed E-state index contributed by atoms with van der Waals surface area (Å²) in [5, 5.41) is 32.9. The molecule has 0 heterocycles. The molecular weight excluding hydrogens is 582 g/mol. The maximum Gasteiger partial charge on any atom is 0.222 e. The smallest absolute Gasteiger partial charge is 0.222 e. The minimum absolute atomic E-state index is 0.0106. The minimum Gasteiger partial charge on any atom is -0.394 e. The number of aliphatic hydroxyl groups is 3. The Labute approximate surface area is 291 Å². The Morgan fingerprint density at radius 1 is 0.532 bits per heavy atom. The van der Waals surface area contributed by atoms with Crippen LogP contribution in [0.5, 0.6) is 0 Å². The summed E-state index contributed by atoms with van der Waals surface area (Å²) in [6.07, 6.45) is 46.9. The number of aliphatic hydroxyl groups excluding tert-OH is 3. The van der Waals surface area contributed by atoms with Gasteiger partial charge in [0, 0.05) is 0 Å². The van der Waals surface area contributed by atoms with E-state index in [9.17, 15) is 20.1 Å². The molecule has 47 heavy (non-hydrogen) atoms. The molecule has 5 heteroatoms. The van der Waals surface area contributed by atoms with Gasteiger partial charge in [0.1, 0.15) is 0 Å². The monoisotopic (exact) mass is 660 g/mol. The number of unbranched alkanes of at least 4 members (excludes halogenated alkanes) is 20. The predicted molar refractivity (Wildman–Crippen MR) is 204 cm³/mol. The Morgan fingerprint density at radius 2 is 0.936 bits per heavy atom. The van der Waals surface area contributed by atoms with Crippen molar-refractivity contribution in [2.75, 3.05) is 6.61 Å². The summed E-state index contributed by atoms with van der Waals surface area (Å²) in [5.41, 5.74) is 0. The molecule has 3 atom stereocenters. The van der Waals surface area contributed by atoms with Crippen LogP contribution in [0.4, 0.5) is 0 Å². The van der Waals surface area contributed by atoms with Gasteiger partial charge in [-0.1, -0.05) is 165 Å². The SMILES string of the molecule is CCCC/C=C\CCCCCC(O)CC(=O)NC(CO)C(O)/C=C/CC/C=C/CC/C=C/CCCCCCCCCCCCCCC. The molecule has 1 amide bonds. The van der Waals surface area contributed by atoms with Gasteiger partial charge in [-0.25, -0.2) is 0 Å². The highest BCUT2D eigenvalue weighted by molar-refractivity contribution is 5.76. The van der Waals surface area contributed by atoms with Gasteiger partial charge in [-0.3, -0.25) is 4.79 Å². The largest absolute Gasteiger partial charge is 0.394 e. The third-order valence-electron chi connectivity index (χ3n) is 8.82. The Kier molecular flexibility index (Phi) is 35.8. The van der Waals surface area contributed by atoms with E-state index in [-0.39, 0.29) is 18.9 Å². The Hall–Kier alpha value is -1.69. The van der Waals surface area contributed by atoms with Crippen LogP contribution in [0.1, 0.15) is 187 Å². The first-order valence-corrected chi connectivity index (χ1v) is 19.9. The van der Waals surface area contributed by atoms with Crippen LogP contribution in [0.25, 0.3) is 0 Å². The highest BCUT2D eigenvalue weighted by Gasteiger charge is 2.20. The van der Waals surface area contributed by atoms with E-state index in [2.05, 4.69) is 55.6 Å². The third kappa shape index (κ3) is 34.0. The molecule has 0 aromatic heterocycles. The van der Waals surface area contributed by atoms with Crippen molar-refractivity contribution in [1.29, 1.82) is 0 Å². The highest BCUT2D eigenvalue weighted by Crippen LogP contribution is 2.14. The van der Waals surface area contributed by atoms with E-state index < -0.39 is 18.2 Å². The van der Waals surface area contributed by atoms with Gasteiger partial charge in [0.15, 0.2) is 0 Å². The molecule has 0 aliphatic carbocycles. The van der Waals surface area contributed by atoms with E-state index in [1.54, 1.807) is 6.08 Å². The van der Waals surface area contributed by atoms with E-state index in [0.29, 0.717) is 6.42 Å². The van der Waals surface area contributed by atoms with E-state index in [0.717, 1.165) is 57.8 Å². The van der Waals surface area contributed by atoms with Crippen molar-refractivity contribution >= 4 is 5.91 Å². The van der Waals surface area contributed by atoms with Crippen molar-refractivity contribution in [3.8, 4) is 0 Å². The summed E-state index contributed by atoms with van der Waals surface area (Å²) in [6.45, 7) is 4.13. The van der Waals surface area contributed by atoms with Gasteiger partial charge in [-0.15, -0.1) is 0 Å². The van der Waals surface area contributed by atoms with Crippen molar-refractivity contribution in [1.82, 2.24) is 5.32 Å². The molecule has 0 aromatic rings. The van der Waals surface area contributed by atoms with Crippen LogP contribution in [0, 0.1) is 0 Å². The number of hydrogen-bond donors (Lipinski definition) is 4. The summed E-state index contributed by atoms with van der Waals surface area (Å²) in [4.78, 5) is 12.3. The second-order valence-electron chi connectivity index (χ2n) is 13.5. The van der Waals surface area contributed by atoms with Crippen LogP contribution in [0.3, 0.4) is 0 Å². The van der Waals surface area contributed by atoms with Crippen LogP contribution in [0.2, 0.25) is 0 Å². The fourth-order valence-electron chi connectivity index (χ4n) is 5.70. The molecule has 0 fully saturated rings. The lowest BCUT2D eigenvalue weighted by Gasteiger charge is -2.20. The van der Waals surface area contributed by atoms with Gasteiger partial charge in [-0.2, -0.15) is 0 Å². The van der Waals surface area contributed by atoms with Gasteiger partial charge in [0.05, 0.1) is 31.3 Å².